The third-order valence-corrected chi connectivity index (χ3v) is 4.86. The molecule has 0 saturated carbocycles. The smallest absolute Gasteiger partial charge is 0.197 e. The van der Waals surface area contributed by atoms with E-state index in [2.05, 4.69) is 7.85 Å². The van der Waals surface area contributed by atoms with Crippen LogP contribution in [0.5, 0.6) is 0 Å². The van der Waals surface area contributed by atoms with Crippen molar-refractivity contribution in [3.63, 3.8) is 0 Å². The molecule has 0 bridgehead atoms. The zero-order valence-corrected chi connectivity index (χ0v) is 12.2. The van der Waals surface area contributed by atoms with Crippen molar-refractivity contribution in [2.75, 3.05) is 34.2 Å². The van der Waals surface area contributed by atoms with Crippen LogP contribution in [0.2, 0.25) is 0 Å². The van der Waals surface area contributed by atoms with E-state index >= 15 is 0 Å². The Morgan fingerprint density at radius 2 is 1.81 bits per heavy atom. The highest BCUT2D eigenvalue weighted by atomic mass is 32.2. The lowest BCUT2D eigenvalue weighted by molar-refractivity contribution is -0.0250. The Balaban J connectivity index is 2.57. The molecule has 0 spiro atoms. The van der Waals surface area contributed by atoms with Gasteiger partial charge < -0.3 is 14.0 Å². The van der Waals surface area contributed by atoms with Crippen LogP contribution in [0.4, 0.5) is 0 Å². The van der Waals surface area contributed by atoms with Gasteiger partial charge in [0.15, 0.2) is 7.37 Å². The number of thioether (sulfide) groups is 1. The topological polar surface area (TPSA) is 44.8 Å². The fourth-order valence-electron chi connectivity index (χ4n) is 1.91. The lowest BCUT2D eigenvalue weighted by Gasteiger charge is -2.22. The summed E-state index contributed by atoms with van der Waals surface area (Å²) in [4.78, 5) is 0. The molecule has 1 saturated heterocycles. The van der Waals surface area contributed by atoms with Crippen LogP contribution < -0.4 is 0 Å². The zero-order valence-electron chi connectivity index (χ0n) is 10.5. The summed E-state index contributed by atoms with van der Waals surface area (Å²) in [5.41, 5.74) is 0. The van der Waals surface area contributed by atoms with E-state index in [0.29, 0.717) is 11.8 Å². The van der Waals surface area contributed by atoms with Crippen molar-refractivity contribution in [3.8, 4) is 0 Å². The molecule has 1 rings (SSSR count). The van der Waals surface area contributed by atoms with Crippen LogP contribution in [0.25, 0.3) is 0 Å². The second-order valence-corrected chi connectivity index (χ2v) is 8.71. The monoisotopic (exact) mass is 266 g/mol. The number of hydrogen-bond donors (Lipinski definition) is 0. The Bertz CT molecular complexity index is 272. The van der Waals surface area contributed by atoms with Crippen molar-refractivity contribution in [1.82, 2.24) is 0 Å². The summed E-state index contributed by atoms with van der Waals surface area (Å²) in [7, 11) is 3.08. The van der Waals surface area contributed by atoms with E-state index in [-0.39, 0.29) is 17.5 Å². The van der Waals surface area contributed by atoms with Crippen molar-refractivity contribution in [3.05, 3.63) is 0 Å². The summed E-state index contributed by atoms with van der Waals surface area (Å²) >= 11 is 1.78. The minimum absolute atomic E-state index is 0.0107. The van der Waals surface area contributed by atoms with Gasteiger partial charge in [-0.25, -0.2) is 0 Å². The minimum Gasteiger partial charge on any atom is -0.378 e. The van der Waals surface area contributed by atoms with E-state index in [9.17, 15) is 4.57 Å². The zero-order chi connectivity index (χ0) is 12.3. The van der Waals surface area contributed by atoms with Gasteiger partial charge in [0.2, 0.25) is 0 Å². The highest BCUT2D eigenvalue weighted by molar-refractivity contribution is 8.02. The number of methoxy groups -OCH3 is 2. The van der Waals surface area contributed by atoms with Crippen molar-refractivity contribution in [1.29, 1.82) is 0 Å². The molecule has 0 aromatic heterocycles. The number of rotatable bonds is 5. The van der Waals surface area contributed by atoms with E-state index in [0.717, 1.165) is 0 Å². The van der Waals surface area contributed by atoms with Gasteiger partial charge in [0.25, 0.3) is 0 Å². The first-order chi connectivity index (χ1) is 7.39. The fraction of sp³-hybridized carbons (Fsp3) is 1.00. The minimum atomic E-state index is -2.41. The van der Waals surface area contributed by atoms with Gasteiger partial charge in [0.05, 0.1) is 24.1 Å². The summed E-state index contributed by atoms with van der Waals surface area (Å²) in [6.45, 7) is 3.72. The average molecular weight is 266 g/mol. The molecule has 1 heterocycles. The molecule has 1 fully saturated rings. The fourth-order valence-corrected chi connectivity index (χ4v) is 4.07. The molecule has 94 valence electrons. The molecule has 0 N–H and O–H groups in total. The quantitative estimate of drug-likeness (QED) is 0.540. The molecule has 0 aromatic rings. The van der Waals surface area contributed by atoms with Gasteiger partial charge in [-0.3, -0.25) is 4.57 Å². The molecule has 16 heavy (non-hydrogen) atoms. The Morgan fingerprint density at radius 1 is 1.25 bits per heavy atom. The normalized spacial score (nSPS) is 35.5. The van der Waals surface area contributed by atoms with Gasteiger partial charge in [0, 0.05) is 32.7 Å². The molecule has 0 aliphatic carbocycles. The number of ether oxygens (including phenoxy) is 2. The largest absolute Gasteiger partial charge is 0.378 e. The van der Waals surface area contributed by atoms with E-state index in [4.69, 9.17) is 14.0 Å². The SMILES string of the molecule is BC1SC(COP(C)(C)=O)C(OC)C1OC. The predicted octanol–water partition coefficient (Wildman–Crippen LogP) is 0.645. The van der Waals surface area contributed by atoms with E-state index in [1.165, 1.54) is 0 Å². The summed E-state index contributed by atoms with van der Waals surface area (Å²) in [6, 6.07) is 0. The number of hydrogen-bond acceptors (Lipinski definition) is 5. The van der Waals surface area contributed by atoms with Crippen molar-refractivity contribution in [2.24, 2.45) is 0 Å². The van der Waals surface area contributed by atoms with Gasteiger partial charge in [-0.15, -0.1) is 0 Å². The first kappa shape index (κ1) is 14.6. The third kappa shape index (κ3) is 3.78. The molecule has 7 heteroatoms. The molecule has 0 radical (unpaired) electrons. The van der Waals surface area contributed by atoms with Crippen LogP contribution in [-0.4, -0.2) is 64.6 Å². The van der Waals surface area contributed by atoms with Crippen LogP contribution >= 0.6 is 19.1 Å². The van der Waals surface area contributed by atoms with E-state index < -0.39 is 7.37 Å². The summed E-state index contributed by atoms with van der Waals surface area (Å²) in [5, 5.41) is 0.565. The molecular weight excluding hydrogens is 246 g/mol. The van der Waals surface area contributed by atoms with Crippen molar-refractivity contribution < 1.29 is 18.6 Å². The molecule has 1 aliphatic rings. The summed E-state index contributed by atoms with van der Waals surface area (Å²) in [6.07, 6.45) is 0.0910. The second-order valence-electron chi connectivity index (χ2n) is 4.33. The lowest BCUT2D eigenvalue weighted by atomic mass is 9.94. The molecule has 0 amide bonds. The molecule has 0 aromatic carbocycles. The molecule has 4 nitrogen and oxygen atoms in total. The molecule has 1 aliphatic heterocycles. The molecular formula is C9H20BO4PS. The van der Waals surface area contributed by atoms with Crippen LogP contribution in [0.1, 0.15) is 0 Å². The van der Waals surface area contributed by atoms with Crippen molar-refractivity contribution in [2.45, 2.75) is 22.6 Å². The predicted molar refractivity (Wildman–Crippen MR) is 70.7 cm³/mol. The summed E-state index contributed by atoms with van der Waals surface area (Å²) in [5.74, 6) is 0. The van der Waals surface area contributed by atoms with Gasteiger partial charge >= 0.3 is 0 Å². The maximum Gasteiger partial charge on any atom is 0.197 e. The lowest BCUT2D eigenvalue weighted by Crippen LogP contribution is -2.37. The summed E-state index contributed by atoms with van der Waals surface area (Å²) < 4.78 is 27.7. The second kappa shape index (κ2) is 5.92. The van der Waals surface area contributed by atoms with Gasteiger partial charge in [-0.05, 0) is 0 Å². The first-order valence-corrected chi connectivity index (χ1v) is 8.76. The van der Waals surface area contributed by atoms with Crippen LogP contribution in [0.3, 0.4) is 0 Å². The van der Waals surface area contributed by atoms with Gasteiger partial charge in [-0.2, -0.15) is 11.8 Å². The maximum atomic E-state index is 11.5. The highest BCUT2D eigenvalue weighted by Crippen LogP contribution is 2.42. The van der Waals surface area contributed by atoms with Crippen LogP contribution in [0, 0.1) is 0 Å². The Kier molecular flexibility index (Phi) is 5.40. The molecule has 4 unspecified atom stereocenters. The van der Waals surface area contributed by atoms with Crippen LogP contribution in [-0.2, 0) is 18.6 Å². The first-order valence-electron chi connectivity index (χ1n) is 5.29. The van der Waals surface area contributed by atoms with Gasteiger partial charge in [-0.1, -0.05) is 0 Å². The van der Waals surface area contributed by atoms with E-state index in [1.807, 2.05) is 0 Å². The third-order valence-electron chi connectivity index (χ3n) is 2.64. The Hall–Kier alpha value is 0.525. The van der Waals surface area contributed by atoms with Crippen molar-refractivity contribution >= 4 is 27.0 Å². The highest BCUT2D eigenvalue weighted by Gasteiger charge is 2.42. The van der Waals surface area contributed by atoms with E-state index in [1.54, 1.807) is 39.3 Å². The standard InChI is InChI=1S/C9H20BO4PS/c1-12-7-6(5-14-15(3,4)11)16-9(10)8(7)13-2/h6-9H,5,10H2,1-4H3. The van der Waals surface area contributed by atoms with Crippen LogP contribution in [0.15, 0.2) is 0 Å². The Labute approximate surface area is 103 Å². The molecule has 4 atom stereocenters. The van der Waals surface area contributed by atoms with Gasteiger partial charge in [0.1, 0.15) is 7.85 Å². The average Bonchev–Trinajstić information content (AvgIpc) is 2.49. The maximum absolute atomic E-state index is 11.5. The Morgan fingerprint density at radius 3 is 2.25 bits per heavy atom.